The van der Waals surface area contributed by atoms with Gasteiger partial charge in [0.25, 0.3) is 5.92 Å². The maximum atomic E-state index is 13.9. The van der Waals surface area contributed by atoms with Crippen LogP contribution in [-0.2, 0) is 10.7 Å². The first-order chi connectivity index (χ1) is 7.91. The monoisotopic (exact) mass is 242 g/mol. The zero-order valence-corrected chi connectivity index (χ0v) is 10.2. The second kappa shape index (κ2) is 5.25. The lowest BCUT2D eigenvalue weighted by atomic mass is 9.93. The first-order valence-corrected chi connectivity index (χ1v) is 5.55. The summed E-state index contributed by atoms with van der Waals surface area (Å²) in [5.41, 5.74) is -0.332. The molecule has 0 saturated carbocycles. The van der Waals surface area contributed by atoms with Gasteiger partial charge < -0.3 is 4.74 Å². The number of hydrogen-bond donors (Lipinski definition) is 0. The molecular weight excluding hydrogens is 226 g/mol. The van der Waals surface area contributed by atoms with E-state index in [9.17, 15) is 13.6 Å². The van der Waals surface area contributed by atoms with Gasteiger partial charge >= 0.3 is 5.97 Å². The molecule has 0 saturated heterocycles. The first kappa shape index (κ1) is 13.6. The van der Waals surface area contributed by atoms with Crippen LogP contribution in [0.15, 0.2) is 24.3 Å². The van der Waals surface area contributed by atoms with Gasteiger partial charge in [-0.25, -0.2) is 13.6 Å². The van der Waals surface area contributed by atoms with Crippen molar-refractivity contribution in [3.8, 4) is 0 Å². The van der Waals surface area contributed by atoms with E-state index in [1.54, 1.807) is 13.0 Å². The van der Waals surface area contributed by atoms with Crippen LogP contribution in [0, 0.1) is 5.92 Å². The van der Waals surface area contributed by atoms with Crippen LogP contribution in [0.3, 0.4) is 0 Å². The summed E-state index contributed by atoms with van der Waals surface area (Å²) in [6.07, 6.45) is 0. The minimum Gasteiger partial charge on any atom is -0.462 e. The third kappa shape index (κ3) is 2.81. The van der Waals surface area contributed by atoms with Crippen LogP contribution in [-0.4, -0.2) is 12.6 Å². The van der Waals surface area contributed by atoms with Gasteiger partial charge in [0, 0.05) is 11.5 Å². The summed E-state index contributed by atoms with van der Waals surface area (Å²) in [7, 11) is 0. The first-order valence-electron chi connectivity index (χ1n) is 5.55. The van der Waals surface area contributed by atoms with Gasteiger partial charge in [-0.3, -0.25) is 0 Å². The molecule has 0 fully saturated rings. The van der Waals surface area contributed by atoms with E-state index >= 15 is 0 Å². The molecule has 0 radical (unpaired) electrons. The summed E-state index contributed by atoms with van der Waals surface area (Å²) in [6.45, 7) is 4.64. The minimum absolute atomic E-state index is 0.0620. The molecule has 1 aromatic carbocycles. The van der Waals surface area contributed by atoms with Gasteiger partial charge in [-0.15, -0.1) is 0 Å². The normalized spacial score (nSPS) is 11.6. The molecular formula is C13H16F2O2. The smallest absolute Gasteiger partial charge is 0.338 e. The van der Waals surface area contributed by atoms with Gasteiger partial charge in [0.15, 0.2) is 0 Å². The molecule has 4 heteroatoms. The Balaban J connectivity index is 3.21. The standard InChI is InChI=1S/C13H16F2O2/c1-4-17-12(16)10-7-5-6-8-11(10)13(14,15)9(2)3/h5-9H,4H2,1-3H3. The Morgan fingerprint density at radius 2 is 1.94 bits per heavy atom. The number of alkyl halides is 2. The summed E-state index contributed by atoms with van der Waals surface area (Å²) < 4.78 is 32.6. The van der Waals surface area contributed by atoms with Crippen molar-refractivity contribution < 1.29 is 18.3 Å². The van der Waals surface area contributed by atoms with Crippen LogP contribution in [0.5, 0.6) is 0 Å². The average Bonchev–Trinajstić information content (AvgIpc) is 2.29. The Bertz CT molecular complexity index is 400. The predicted molar refractivity (Wildman–Crippen MR) is 61.1 cm³/mol. The van der Waals surface area contributed by atoms with Crippen molar-refractivity contribution in [2.45, 2.75) is 26.7 Å². The lowest BCUT2D eigenvalue weighted by Gasteiger charge is -2.22. The van der Waals surface area contributed by atoms with Crippen LogP contribution >= 0.6 is 0 Å². The van der Waals surface area contributed by atoms with E-state index in [4.69, 9.17) is 4.74 Å². The second-order valence-electron chi connectivity index (χ2n) is 4.04. The Morgan fingerprint density at radius 1 is 1.35 bits per heavy atom. The third-order valence-corrected chi connectivity index (χ3v) is 2.51. The number of hydrogen-bond acceptors (Lipinski definition) is 2. The van der Waals surface area contributed by atoms with Crippen molar-refractivity contribution in [2.75, 3.05) is 6.61 Å². The molecule has 0 aromatic heterocycles. The fourth-order valence-electron chi connectivity index (χ4n) is 1.47. The molecule has 1 rings (SSSR count). The Kier molecular flexibility index (Phi) is 4.21. The van der Waals surface area contributed by atoms with Gasteiger partial charge in [0.05, 0.1) is 12.2 Å². The van der Waals surface area contributed by atoms with E-state index in [1.165, 1.54) is 32.0 Å². The van der Waals surface area contributed by atoms with Crippen LogP contribution < -0.4 is 0 Å². The largest absolute Gasteiger partial charge is 0.462 e. The molecule has 0 aliphatic rings. The molecule has 0 aliphatic heterocycles. The highest BCUT2D eigenvalue weighted by Crippen LogP contribution is 2.37. The maximum Gasteiger partial charge on any atom is 0.338 e. The fraction of sp³-hybridized carbons (Fsp3) is 0.462. The Hall–Kier alpha value is -1.45. The van der Waals surface area contributed by atoms with Crippen molar-refractivity contribution in [1.82, 2.24) is 0 Å². The van der Waals surface area contributed by atoms with Crippen LogP contribution in [0.1, 0.15) is 36.7 Å². The van der Waals surface area contributed by atoms with Gasteiger partial charge in [-0.2, -0.15) is 0 Å². The van der Waals surface area contributed by atoms with Crippen LogP contribution in [0.25, 0.3) is 0 Å². The molecule has 17 heavy (non-hydrogen) atoms. The van der Waals surface area contributed by atoms with Gasteiger partial charge in [0.1, 0.15) is 0 Å². The highest BCUT2D eigenvalue weighted by molar-refractivity contribution is 5.91. The number of carbonyl (C=O) groups excluding carboxylic acids is 1. The van der Waals surface area contributed by atoms with E-state index < -0.39 is 17.8 Å². The summed E-state index contributed by atoms with van der Waals surface area (Å²) >= 11 is 0. The van der Waals surface area contributed by atoms with E-state index in [0.29, 0.717) is 0 Å². The van der Waals surface area contributed by atoms with E-state index in [1.807, 2.05) is 0 Å². The molecule has 1 aromatic rings. The molecule has 0 N–H and O–H groups in total. The zero-order valence-electron chi connectivity index (χ0n) is 10.2. The Labute approximate surface area is 99.6 Å². The third-order valence-electron chi connectivity index (χ3n) is 2.51. The van der Waals surface area contributed by atoms with Crippen molar-refractivity contribution >= 4 is 5.97 Å². The molecule has 0 amide bonds. The fourth-order valence-corrected chi connectivity index (χ4v) is 1.47. The average molecular weight is 242 g/mol. The molecule has 0 heterocycles. The van der Waals surface area contributed by atoms with Crippen molar-refractivity contribution in [1.29, 1.82) is 0 Å². The second-order valence-corrected chi connectivity index (χ2v) is 4.04. The molecule has 0 atom stereocenters. The predicted octanol–water partition coefficient (Wildman–Crippen LogP) is 3.61. The Morgan fingerprint density at radius 3 is 2.47 bits per heavy atom. The van der Waals surface area contributed by atoms with Crippen molar-refractivity contribution in [2.24, 2.45) is 5.92 Å². The number of ether oxygens (including phenoxy) is 1. The molecule has 0 spiro atoms. The molecule has 0 unspecified atom stereocenters. The highest BCUT2D eigenvalue weighted by atomic mass is 19.3. The summed E-state index contributed by atoms with van der Waals surface area (Å²) in [6, 6.07) is 5.68. The lowest BCUT2D eigenvalue weighted by molar-refractivity contribution is -0.0524. The maximum absolute atomic E-state index is 13.9. The zero-order chi connectivity index (χ0) is 13.1. The highest BCUT2D eigenvalue weighted by Gasteiger charge is 2.38. The lowest BCUT2D eigenvalue weighted by Crippen LogP contribution is -2.24. The van der Waals surface area contributed by atoms with Gasteiger partial charge in [0.2, 0.25) is 0 Å². The molecule has 0 aliphatic carbocycles. The summed E-state index contributed by atoms with van der Waals surface area (Å²) in [5, 5.41) is 0. The van der Waals surface area contributed by atoms with Gasteiger partial charge in [-0.1, -0.05) is 32.0 Å². The number of esters is 1. The van der Waals surface area contributed by atoms with E-state index in [2.05, 4.69) is 0 Å². The van der Waals surface area contributed by atoms with Crippen molar-refractivity contribution in [3.63, 3.8) is 0 Å². The topological polar surface area (TPSA) is 26.3 Å². The molecule has 94 valence electrons. The molecule has 0 bridgehead atoms. The quantitative estimate of drug-likeness (QED) is 0.754. The van der Waals surface area contributed by atoms with Crippen LogP contribution in [0.4, 0.5) is 8.78 Å². The van der Waals surface area contributed by atoms with Crippen LogP contribution in [0.2, 0.25) is 0 Å². The van der Waals surface area contributed by atoms with E-state index in [0.717, 1.165) is 0 Å². The SMILES string of the molecule is CCOC(=O)c1ccccc1C(F)(F)C(C)C. The number of rotatable bonds is 4. The summed E-state index contributed by atoms with van der Waals surface area (Å²) in [5.74, 6) is -4.62. The molecule has 2 nitrogen and oxygen atoms in total. The van der Waals surface area contributed by atoms with E-state index in [-0.39, 0.29) is 17.7 Å². The summed E-state index contributed by atoms with van der Waals surface area (Å²) in [4.78, 5) is 11.6. The number of carbonyl (C=O) groups is 1. The number of benzene rings is 1. The number of halogens is 2. The minimum atomic E-state index is -3.04. The van der Waals surface area contributed by atoms with Crippen molar-refractivity contribution in [3.05, 3.63) is 35.4 Å². The van der Waals surface area contributed by atoms with Gasteiger partial charge in [-0.05, 0) is 13.0 Å².